The lowest BCUT2D eigenvalue weighted by molar-refractivity contribution is 0.318. The van der Waals surface area contributed by atoms with E-state index < -0.39 is 0 Å². The van der Waals surface area contributed by atoms with Crippen molar-refractivity contribution in [3.8, 4) is 0 Å². The van der Waals surface area contributed by atoms with Crippen LogP contribution in [0, 0.1) is 6.92 Å². The molecule has 61 valence electrons. The van der Waals surface area contributed by atoms with Gasteiger partial charge in [-0.25, -0.2) is 0 Å². The van der Waals surface area contributed by atoms with Crippen LogP contribution in [0.3, 0.4) is 0 Å². The van der Waals surface area contributed by atoms with E-state index in [0.29, 0.717) is 6.04 Å². The van der Waals surface area contributed by atoms with E-state index in [1.807, 2.05) is 0 Å². The first-order valence-corrected chi connectivity index (χ1v) is 4.18. The second kappa shape index (κ2) is 5.72. The van der Waals surface area contributed by atoms with Crippen molar-refractivity contribution in [2.24, 2.45) is 0 Å². The van der Waals surface area contributed by atoms with Crippen LogP contribution in [0.1, 0.15) is 32.6 Å². The predicted molar refractivity (Wildman–Crippen MR) is 47.0 cm³/mol. The van der Waals surface area contributed by atoms with Crippen LogP contribution in [0.5, 0.6) is 0 Å². The summed E-state index contributed by atoms with van der Waals surface area (Å²) in [6.45, 7) is 6.27. The molecule has 0 aromatic rings. The van der Waals surface area contributed by atoms with E-state index in [-0.39, 0.29) is 0 Å². The Morgan fingerprint density at radius 2 is 1.90 bits per heavy atom. The summed E-state index contributed by atoms with van der Waals surface area (Å²) in [6, 6.07) is 0.506. The first-order chi connectivity index (χ1) is 4.68. The predicted octanol–water partition coefficient (Wildman–Crippen LogP) is 2.33. The van der Waals surface area contributed by atoms with Gasteiger partial charge in [-0.15, -0.1) is 0 Å². The second-order valence-electron chi connectivity index (χ2n) is 3.11. The van der Waals surface area contributed by atoms with Crippen LogP contribution in [-0.2, 0) is 0 Å². The highest BCUT2D eigenvalue weighted by molar-refractivity contribution is 4.67. The molecule has 0 aliphatic carbocycles. The van der Waals surface area contributed by atoms with Gasteiger partial charge < -0.3 is 4.90 Å². The van der Waals surface area contributed by atoms with Gasteiger partial charge in [0.1, 0.15) is 0 Å². The topological polar surface area (TPSA) is 3.24 Å². The fourth-order valence-corrected chi connectivity index (χ4v) is 0.888. The SMILES string of the molecule is [CH2]C(CCCCC)N(C)C. The van der Waals surface area contributed by atoms with E-state index in [1.165, 1.54) is 25.7 Å². The molecule has 1 atom stereocenters. The summed E-state index contributed by atoms with van der Waals surface area (Å²) in [7, 11) is 4.17. The quantitative estimate of drug-likeness (QED) is 0.532. The van der Waals surface area contributed by atoms with Gasteiger partial charge in [-0.3, -0.25) is 0 Å². The standard InChI is InChI=1S/C9H20N/c1-5-6-7-8-9(2)10(3)4/h9H,2,5-8H2,1,3-4H3. The van der Waals surface area contributed by atoms with E-state index >= 15 is 0 Å². The Balaban J connectivity index is 3.13. The molecule has 0 N–H and O–H groups in total. The van der Waals surface area contributed by atoms with Crippen molar-refractivity contribution in [3.63, 3.8) is 0 Å². The average Bonchev–Trinajstić information content (AvgIpc) is 1.88. The number of hydrogen-bond donors (Lipinski definition) is 0. The molecule has 1 radical (unpaired) electrons. The van der Waals surface area contributed by atoms with Crippen LogP contribution in [-0.4, -0.2) is 25.0 Å². The van der Waals surface area contributed by atoms with Crippen LogP contribution in [0.15, 0.2) is 0 Å². The Labute approximate surface area is 65.4 Å². The van der Waals surface area contributed by atoms with E-state index in [0.717, 1.165) is 0 Å². The molecule has 0 bridgehead atoms. The first-order valence-electron chi connectivity index (χ1n) is 4.18. The highest BCUT2D eigenvalue weighted by Crippen LogP contribution is 2.05. The van der Waals surface area contributed by atoms with Gasteiger partial charge in [0.15, 0.2) is 0 Å². The maximum Gasteiger partial charge on any atom is 0.00897 e. The maximum absolute atomic E-state index is 4.04. The summed E-state index contributed by atoms with van der Waals surface area (Å²) in [5.41, 5.74) is 0. The maximum atomic E-state index is 4.04. The summed E-state index contributed by atoms with van der Waals surface area (Å²) in [5, 5.41) is 0. The molecule has 0 aliphatic rings. The number of unbranched alkanes of at least 4 members (excludes halogenated alkanes) is 2. The van der Waals surface area contributed by atoms with Gasteiger partial charge in [-0.2, -0.15) is 0 Å². The summed E-state index contributed by atoms with van der Waals surface area (Å²) in [4.78, 5) is 2.18. The van der Waals surface area contributed by atoms with E-state index in [4.69, 9.17) is 0 Å². The minimum absolute atomic E-state index is 0.506. The van der Waals surface area contributed by atoms with Gasteiger partial charge in [0.05, 0.1) is 0 Å². The zero-order chi connectivity index (χ0) is 7.98. The molecule has 0 aromatic heterocycles. The zero-order valence-electron chi connectivity index (χ0n) is 7.56. The normalized spacial score (nSPS) is 14.1. The Hall–Kier alpha value is -0.0400. The van der Waals surface area contributed by atoms with Gasteiger partial charge in [0.2, 0.25) is 0 Å². The van der Waals surface area contributed by atoms with Crippen LogP contribution in [0.4, 0.5) is 0 Å². The van der Waals surface area contributed by atoms with Crippen molar-refractivity contribution in [3.05, 3.63) is 6.92 Å². The number of rotatable bonds is 5. The molecule has 10 heavy (non-hydrogen) atoms. The van der Waals surface area contributed by atoms with Crippen molar-refractivity contribution in [1.82, 2.24) is 4.90 Å². The Kier molecular flexibility index (Phi) is 5.70. The van der Waals surface area contributed by atoms with Gasteiger partial charge in [0, 0.05) is 6.04 Å². The molecular formula is C9H20N. The van der Waals surface area contributed by atoms with Crippen LogP contribution >= 0.6 is 0 Å². The molecule has 0 saturated carbocycles. The third-order valence-electron chi connectivity index (χ3n) is 1.87. The van der Waals surface area contributed by atoms with Crippen molar-refractivity contribution in [2.45, 2.75) is 38.6 Å². The molecule has 0 spiro atoms. The van der Waals surface area contributed by atoms with Crippen molar-refractivity contribution in [2.75, 3.05) is 14.1 Å². The monoisotopic (exact) mass is 142 g/mol. The molecule has 0 fully saturated rings. The van der Waals surface area contributed by atoms with E-state index in [9.17, 15) is 0 Å². The summed E-state index contributed by atoms with van der Waals surface area (Å²) in [5.74, 6) is 0. The molecule has 0 amide bonds. The summed E-state index contributed by atoms with van der Waals surface area (Å²) < 4.78 is 0. The van der Waals surface area contributed by atoms with Crippen molar-refractivity contribution >= 4 is 0 Å². The fraction of sp³-hybridized carbons (Fsp3) is 0.889. The Bertz CT molecular complexity index is 69.1. The van der Waals surface area contributed by atoms with Gasteiger partial charge in [0.25, 0.3) is 0 Å². The molecule has 1 heteroatoms. The third-order valence-corrected chi connectivity index (χ3v) is 1.87. The summed E-state index contributed by atoms with van der Waals surface area (Å²) >= 11 is 0. The van der Waals surface area contributed by atoms with Crippen LogP contribution in [0.25, 0.3) is 0 Å². The molecule has 1 unspecified atom stereocenters. The lowest BCUT2D eigenvalue weighted by Crippen LogP contribution is -2.24. The second-order valence-corrected chi connectivity index (χ2v) is 3.11. The van der Waals surface area contributed by atoms with Gasteiger partial charge in [-0.05, 0) is 27.4 Å². The number of nitrogens with zero attached hydrogens (tertiary/aromatic N) is 1. The van der Waals surface area contributed by atoms with Crippen LogP contribution < -0.4 is 0 Å². The minimum Gasteiger partial charge on any atom is -0.306 e. The lowest BCUT2D eigenvalue weighted by atomic mass is 10.1. The molecular weight excluding hydrogens is 122 g/mol. The average molecular weight is 142 g/mol. The van der Waals surface area contributed by atoms with Gasteiger partial charge in [-0.1, -0.05) is 26.2 Å². The first kappa shape index (κ1) is 9.96. The van der Waals surface area contributed by atoms with Crippen molar-refractivity contribution in [1.29, 1.82) is 0 Å². The van der Waals surface area contributed by atoms with Crippen LogP contribution in [0.2, 0.25) is 0 Å². The van der Waals surface area contributed by atoms with E-state index in [1.54, 1.807) is 0 Å². The number of hydrogen-bond acceptors (Lipinski definition) is 1. The molecule has 0 heterocycles. The highest BCUT2D eigenvalue weighted by atomic mass is 15.1. The minimum atomic E-state index is 0.506. The van der Waals surface area contributed by atoms with Gasteiger partial charge >= 0.3 is 0 Å². The largest absolute Gasteiger partial charge is 0.306 e. The third kappa shape index (κ3) is 4.80. The Morgan fingerprint density at radius 1 is 1.30 bits per heavy atom. The lowest BCUT2D eigenvalue weighted by Gasteiger charge is -2.18. The molecule has 0 rings (SSSR count). The molecule has 0 saturated heterocycles. The van der Waals surface area contributed by atoms with E-state index in [2.05, 4.69) is 32.8 Å². The van der Waals surface area contributed by atoms with Crippen molar-refractivity contribution < 1.29 is 0 Å². The molecule has 0 aliphatic heterocycles. The fourth-order valence-electron chi connectivity index (χ4n) is 0.888. The molecule has 1 nitrogen and oxygen atoms in total. The Morgan fingerprint density at radius 3 is 2.30 bits per heavy atom. The highest BCUT2D eigenvalue weighted by Gasteiger charge is 2.02. The smallest absolute Gasteiger partial charge is 0.00897 e. The molecule has 0 aromatic carbocycles. The summed E-state index contributed by atoms with van der Waals surface area (Å²) in [6.07, 6.45) is 5.21. The zero-order valence-corrected chi connectivity index (χ0v) is 7.56.